The molecule has 1 aromatic carbocycles. The van der Waals surface area contributed by atoms with Crippen molar-refractivity contribution in [3.05, 3.63) is 29.3 Å². The van der Waals surface area contributed by atoms with Gasteiger partial charge in [-0.25, -0.2) is 0 Å². The fourth-order valence-electron chi connectivity index (χ4n) is 2.79. The third-order valence-electron chi connectivity index (χ3n) is 3.51. The zero-order valence-electron chi connectivity index (χ0n) is 8.42. The van der Waals surface area contributed by atoms with E-state index >= 15 is 0 Å². The van der Waals surface area contributed by atoms with Gasteiger partial charge in [0.2, 0.25) is 0 Å². The van der Waals surface area contributed by atoms with Crippen LogP contribution in [0, 0.1) is 0 Å². The molecule has 1 aromatic rings. The summed E-state index contributed by atoms with van der Waals surface area (Å²) in [6.07, 6.45) is 2.55. The van der Waals surface area contributed by atoms with Gasteiger partial charge < -0.3 is 10.1 Å². The van der Waals surface area contributed by atoms with E-state index in [1.54, 1.807) is 7.11 Å². The molecule has 74 valence electrons. The Labute approximate surface area is 84.3 Å². The van der Waals surface area contributed by atoms with Crippen molar-refractivity contribution < 1.29 is 4.74 Å². The average Bonchev–Trinajstić information content (AvgIpc) is 2.51. The first-order valence-electron chi connectivity index (χ1n) is 5.29. The Morgan fingerprint density at radius 2 is 2.29 bits per heavy atom. The average molecular weight is 189 g/mol. The van der Waals surface area contributed by atoms with Gasteiger partial charge in [0, 0.05) is 6.04 Å². The molecule has 2 aliphatic rings. The van der Waals surface area contributed by atoms with Gasteiger partial charge in [-0.05, 0) is 48.6 Å². The van der Waals surface area contributed by atoms with Crippen LogP contribution in [-0.4, -0.2) is 13.7 Å². The molecule has 1 aliphatic heterocycles. The zero-order valence-corrected chi connectivity index (χ0v) is 8.42. The summed E-state index contributed by atoms with van der Waals surface area (Å²) in [5, 5.41) is 3.56. The molecular formula is C12H15NO. The number of ether oxygens (including phenoxy) is 1. The molecule has 0 amide bonds. The molecular weight excluding hydrogens is 174 g/mol. The summed E-state index contributed by atoms with van der Waals surface area (Å²) in [5.41, 5.74) is 3.01. The zero-order chi connectivity index (χ0) is 9.54. The second-order valence-corrected chi connectivity index (χ2v) is 4.22. The van der Waals surface area contributed by atoms with Gasteiger partial charge in [-0.15, -0.1) is 0 Å². The number of fused-ring (bicyclic) bond motifs is 5. The molecule has 1 aliphatic carbocycles. The van der Waals surface area contributed by atoms with Crippen LogP contribution in [0.3, 0.4) is 0 Å². The maximum Gasteiger partial charge on any atom is 0.119 e. The number of hydrogen-bond acceptors (Lipinski definition) is 2. The van der Waals surface area contributed by atoms with Crippen molar-refractivity contribution in [2.75, 3.05) is 13.7 Å². The van der Waals surface area contributed by atoms with Gasteiger partial charge in [0.25, 0.3) is 0 Å². The number of methoxy groups -OCH3 is 1. The quantitative estimate of drug-likeness (QED) is 0.731. The minimum absolute atomic E-state index is 0.606. The summed E-state index contributed by atoms with van der Waals surface area (Å²) in [7, 11) is 1.74. The van der Waals surface area contributed by atoms with Crippen LogP contribution in [0.4, 0.5) is 0 Å². The first kappa shape index (κ1) is 8.30. The highest BCUT2D eigenvalue weighted by Gasteiger charge is 2.33. The van der Waals surface area contributed by atoms with Crippen LogP contribution in [0.1, 0.15) is 35.9 Å². The lowest BCUT2D eigenvalue weighted by molar-refractivity contribution is 0.407. The number of benzene rings is 1. The maximum atomic E-state index is 5.27. The topological polar surface area (TPSA) is 21.3 Å². The molecule has 1 saturated heterocycles. The number of hydrogen-bond donors (Lipinski definition) is 1. The Morgan fingerprint density at radius 1 is 1.36 bits per heavy atom. The van der Waals surface area contributed by atoms with E-state index in [1.165, 1.54) is 24.0 Å². The standard InChI is InChI=1S/C12H15NO/c1-14-9-2-3-10-11(7-9)8-4-5-13-12(10)6-8/h2-3,7-8,12-13H,4-6H2,1H3. The van der Waals surface area contributed by atoms with E-state index in [1.807, 2.05) is 0 Å². The smallest absolute Gasteiger partial charge is 0.119 e. The lowest BCUT2D eigenvalue weighted by Gasteiger charge is -2.20. The molecule has 2 heteroatoms. The van der Waals surface area contributed by atoms with Gasteiger partial charge in [-0.1, -0.05) is 6.07 Å². The van der Waals surface area contributed by atoms with Gasteiger partial charge in [0.1, 0.15) is 5.75 Å². The molecule has 2 bridgehead atoms. The molecule has 0 aromatic heterocycles. The molecule has 3 rings (SSSR count). The van der Waals surface area contributed by atoms with Crippen molar-refractivity contribution in [3.8, 4) is 5.75 Å². The fourth-order valence-corrected chi connectivity index (χ4v) is 2.79. The Hall–Kier alpha value is -1.02. The van der Waals surface area contributed by atoms with Crippen LogP contribution in [0.25, 0.3) is 0 Å². The van der Waals surface area contributed by atoms with Crippen molar-refractivity contribution in [1.82, 2.24) is 5.32 Å². The van der Waals surface area contributed by atoms with Gasteiger partial charge in [-0.3, -0.25) is 0 Å². The van der Waals surface area contributed by atoms with Gasteiger partial charge in [0.05, 0.1) is 7.11 Å². The number of piperidine rings is 1. The third-order valence-corrected chi connectivity index (χ3v) is 3.51. The normalized spacial score (nSPS) is 28.6. The minimum atomic E-state index is 0.606. The highest BCUT2D eigenvalue weighted by molar-refractivity contribution is 5.44. The van der Waals surface area contributed by atoms with Crippen molar-refractivity contribution in [1.29, 1.82) is 0 Å². The van der Waals surface area contributed by atoms with Crippen LogP contribution in [-0.2, 0) is 0 Å². The minimum Gasteiger partial charge on any atom is -0.497 e. The van der Waals surface area contributed by atoms with E-state index in [-0.39, 0.29) is 0 Å². The molecule has 1 N–H and O–H groups in total. The van der Waals surface area contributed by atoms with Crippen molar-refractivity contribution >= 4 is 0 Å². The Kier molecular flexibility index (Phi) is 1.77. The lowest BCUT2D eigenvalue weighted by atomic mass is 9.96. The highest BCUT2D eigenvalue weighted by atomic mass is 16.5. The van der Waals surface area contributed by atoms with E-state index in [0.29, 0.717) is 6.04 Å². The van der Waals surface area contributed by atoms with Crippen molar-refractivity contribution in [2.24, 2.45) is 0 Å². The van der Waals surface area contributed by atoms with Gasteiger partial charge >= 0.3 is 0 Å². The molecule has 0 radical (unpaired) electrons. The number of rotatable bonds is 1. The second-order valence-electron chi connectivity index (χ2n) is 4.22. The van der Waals surface area contributed by atoms with Crippen LogP contribution >= 0.6 is 0 Å². The Morgan fingerprint density at radius 3 is 3.14 bits per heavy atom. The van der Waals surface area contributed by atoms with E-state index in [0.717, 1.165) is 18.2 Å². The first-order chi connectivity index (χ1) is 6.88. The number of nitrogens with one attached hydrogen (secondary N) is 1. The summed E-state index contributed by atoms with van der Waals surface area (Å²) in [5.74, 6) is 1.77. The van der Waals surface area contributed by atoms with Crippen LogP contribution in [0.5, 0.6) is 5.75 Å². The molecule has 2 unspecified atom stereocenters. The van der Waals surface area contributed by atoms with E-state index in [9.17, 15) is 0 Å². The highest BCUT2D eigenvalue weighted by Crippen LogP contribution is 2.45. The van der Waals surface area contributed by atoms with Crippen LogP contribution < -0.4 is 10.1 Å². The molecule has 2 nitrogen and oxygen atoms in total. The van der Waals surface area contributed by atoms with Gasteiger partial charge in [0.15, 0.2) is 0 Å². The lowest BCUT2D eigenvalue weighted by Crippen LogP contribution is -2.24. The van der Waals surface area contributed by atoms with E-state index in [2.05, 4.69) is 23.5 Å². The van der Waals surface area contributed by atoms with Crippen molar-refractivity contribution in [2.45, 2.75) is 24.8 Å². The fraction of sp³-hybridized carbons (Fsp3) is 0.500. The molecule has 1 fully saturated rings. The van der Waals surface area contributed by atoms with Gasteiger partial charge in [-0.2, -0.15) is 0 Å². The van der Waals surface area contributed by atoms with Crippen molar-refractivity contribution in [3.63, 3.8) is 0 Å². The second kappa shape index (κ2) is 2.99. The SMILES string of the molecule is COc1ccc2c(c1)C1CCNC2C1. The predicted molar refractivity (Wildman–Crippen MR) is 55.7 cm³/mol. The van der Waals surface area contributed by atoms with E-state index < -0.39 is 0 Å². The third kappa shape index (κ3) is 1.07. The summed E-state index contributed by atoms with van der Waals surface area (Å²) in [6, 6.07) is 7.11. The maximum absolute atomic E-state index is 5.27. The van der Waals surface area contributed by atoms with Crippen LogP contribution in [0.2, 0.25) is 0 Å². The molecule has 0 spiro atoms. The monoisotopic (exact) mass is 189 g/mol. The predicted octanol–water partition coefficient (Wildman–Crippen LogP) is 2.22. The molecule has 2 atom stereocenters. The summed E-state index contributed by atoms with van der Waals surface area (Å²) in [6.45, 7) is 1.16. The summed E-state index contributed by atoms with van der Waals surface area (Å²) < 4.78 is 5.27. The van der Waals surface area contributed by atoms with E-state index in [4.69, 9.17) is 4.74 Å². The largest absolute Gasteiger partial charge is 0.497 e. The summed E-state index contributed by atoms with van der Waals surface area (Å²) in [4.78, 5) is 0. The molecule has 14 heavy (non-hydrogen) atoms. The van der Waals surface area contributed by atoms with Crippen LogP contribution in [0.15, 0.2) is 18.2 Å². The molecule has 0 saturated carbocycles. The Balaban J connectivity index is 2.08. The molecule has 1 heterocycles. The Bertz CT molecular complexity index is 361. The first-order valence-corrected chi connectivity index (χ1v) is 5.29. The summed E-state index contributed by atoms with van der Waals surface area (Å²) >= 11 is 0.